The molecule has 0 saturated heterocycles. The minimum absolute atomic E-state index is 1.06. The standard InChI is InChI=1S/C7H7BN2S/c8-6-2-1-3-7-5(6)4-9-10(7)11/h1-4,11H,8H2. The summed E-state index contributed by atoms with van der Waals surface area (Å²) in [7, 11) is 2.07. The Bertz CT molecular complexity index is 396. The highest BCUT2D eigenvalue weighted by molar-refractivity contribution is 7.78. The van der Waals surface area contributed by atoms with E-state index in [0.717, 1.165) is 5.52 Å². The van der Waals surface area contributed by atoms with Crippen molar-refractivity contribution < 1.29 is 0 Å². The maximum Gasteiger partial charge on any atom is 0.140 e. The van der Waals surface area contributed by atoms with Crippen molar-refractivity contribution in [3.05, 3.63) is 24.4 Å². The Balaban J connectivity index is 2.94. The molecule has 54 valence electrons. The van der Waals surface area contributed by atoms with Gasteiger partial charge in [-0.2, -0.15) is 5.10 Å². The summed E-state index contributed by atoms with van der Waals surface area (Å²) >= 11 is 4.15. The molecule has 0 fully saturated rings. The topological polar surface area (TPSA) is 17.8 Å². The summed E-state index contributed by atoms with van der Waals surface area (Å²) in [4.78, 5) is 0. The number of aromatic nitrogens is 2. The third-order valence-corrected chi connectivity index (χ3v) is 2.13. The molecule has 2 rings (SSSR count). The van der Waals surface area contributed by atoms with Gasteiger partial charge in [-0.3, -0.25) is 0 Å². The maximum absolute atomic E-state index is 4.15. The fraction of sp³-hybridized carbons (Fsp3) is 0. The van der Waals surface area contributed by atoms with Crippen molar-refractivity contribution in [1.82, 2.24) is 9.19 Å². The van der Waals surface area contributed by atoms with Crippen LogP contribution in [-0.2, 0) is 0 Å². The predicted octanol–water partition coefficient (Wildman–Crippen LogP) is -0.0124. The summed E-state index contributed by atoms with van der Waals surface area (Å²) < 4.78 is 1.59. The van der Waals surface area contributed by atoms with E-state index in [4.69, 9.17) is 0 Å². The van der Waals surface area contributed by atoms with Crippen molar-refractivity contribution in [2.45, 2.75) is 0 Å². The molecule has 1 aromatic heterocycles. The van der Waals surface area contributed by atoms with Crippen LogP contribution in [0.25, 0.3) is 10.9 Å². The molecule has 2 aromatic rings. The van der Waals surface area contributed by atoms with Crippen LogP contribution in [-0.4, -0.2) is 17.0 Å². The minimum atomic E-state index is 1.06. The summed E-state index contributed by atoms with van der Waals surface area (Å²) in [5.74, 6) is 0. The monoisotopic (exact) mass is 162 g/mol. The first-order valence-electron chi connectivity index (χ1n) is 3.41. The SMILES string of the molecule is Bc1cccc2c1cnn2S. The van der Waals surface area contributed by atoms with Gasteiger partial charge in [0.2, 0.25) is 0 Å². The average molecular weight is 162 g/mol. The van der Waals surface area contributed by atoms with Gasteiger partial charge in [-0.05, 0) is 18.9 Å². The van der Waals surface area contributed by atoms with Gasteiger partial charge >= 0.3 is 0 Å². The molecule has 0 radical (unpaired) electrons. The molecule has 2 nitrogen and oxygen atoms in total. The fourth-order valence-electron chi connectivity index (χ4n) is 1.18. The highest BCUT2D eigenvalue weighted by Gasteiger charge is 1.99. The first-order chi connectivity index (χ1) is 5.29. The number of nitrogens with zero attached hydrogens (tertiary/aromatic N) is 2. The second kappa shape index (κ2) is 2.31. The maximum atomic E-state index is 4.15. The molecule has 4 heteroatoms. The number of hydrogen-bond donors (Lipinski definition) is 1. The Morgan fingerprint density at radius 2 is 2.27 bits per heavy atom. The Hall–Kier alpha value is -0.895. The third-order valence-electron chi connectivity index (χ3n) is 1.81. The van der Waals surface area contributed by atoms with E-state index in [2.05, 4.69) is 31.8 Å². The quantitative estimate of drug-likeness (QED) is 0.426. The molecule has 0 amide bonds. The van der Waals surface area contributed by atoms with Crippen molar-refractivity contribution in [2.75, 3.05) is 0 Å². The van der Waals surface area contributed by atoms with Crippen LogP contribution in [0.2, 0.25) is 0 Å². The molecule has 0 bridgehead atoms. The van der Waals surface area contributed by atoms with Crippen LogP contribution in [0.3, 0.4) is 0 Å². The second-order valence-electron chi connectivity index (χ2n) is 2.54. The Kier molecular flexibility index (Phi) is 1.42. The molecular weight excluding hydrogens is 155 g/mol. The van der Waals surface area contributed by atoms with Crippen molar-refractivity contribution in [3.8, 4) is 0 Å². The Morgan fingerprint density at radius 1 is 1.45 bits per heavy atom. The van der Waals surface area contributed by atoms with E-state index in [1.54, 1.807) is 4.09 Å². The first-order valence-corrected chi connectivity index (χ1v) is 3.81. The van der Waals surface area contributed by atoms with E-state index in [1.165, 1.54) is 10.8 Å². The van der Waals surface area contributed by atoms with Crippen LogP contribution >= 0.6 is 12.8 Å². The molecule has 0 spiro atoms. The summed E-state index contributed by atoms with van der Waals surface area (Å²) in [5, 5.41) is 5.21. The largest absolute Gasteiger partial charge is 0.209 e. The Labute approximate surface area is 71.2 Å². The van der Waals surface area contributed by atoms with Crippen LogP contribution in [0.1, 0.15) is 0 Å². The van der Waals surface area contributed by atoms with Gasteiger partial charge in [-0.25, -0.2) is 4.09 Å². The molecule has 0 atom stereocenters. The highest BCUT2D eigenvalue weighted by atomic mass is 32.1. The summed E-state index contributed by atoms with van der Waals surface area (Å²) in [6.45, 7) is 0. The molecule has 1 heterocycles. The van der Waals surface area contributed by atoms with E-state index in [0.29, 0.717) is 0 Å². The number of benzene rings is 1. The van der Waals surface area contributed by atoms with E-state index >= 15 is 0 Å². The van der Waals surface area contributed by atoms with Crippen molar-refractivity contribution in [3.63, 3.8) is 0 Å². The van der Waals surface area contributed by atoms with Gasteiger partial charge in [0, 0.05) is 5.39 Å². The zero-order valence-electron chi connectivity index (χ0n) is 6.15. The predicted molar refractivity (Wildman–Crippen MR) is 52.3 cm³/mol. The lowest BCUT2D eigenvalue weighted by Gasteiger charge is -1.94. The van der Waals surface area contributed by atoms with E-state index < -0.39 is 0 Å². The third kappa shape index (κ3) is 0.941. The van der Waals surface area contributed by atoms with Crippen molar-refractivity contribution in [2.24, 2.45) is 0 Å². The van der Waals surface area contributed by atoms with Gasteiger partial charge < -0.3 is 0 Å². The van der Waals surface area contributed by atoms with Gasteiger partial charge in [-0.15, -0.1) is 0 Å². The van der Waals surface area contributed by atoms with Crippen LogP contribution in [0, 0.1) is 0 Å². The normalized spacial score (nSPS) is 10.6. The zero-order chi connectivity index (χ0) is 7.84. The van der Waals surface area contributed by atoms with Crippen molar-refractivity contribution >= 4 is 37.0 Å². The summed E-state index contributed by atoms with van der Waals surface area (Å²) in [5.41, 5.74) is 2.30. The first kappa shape index (κ1) is 6.79. The van der Waals surface area contributed by atoms with Crippen LogP contribution < -0.4 is 5.46 Å². The molecular formula is C7H7BN2S. The minimum Gasteiger partial charge on any atom is -0.209 e. The van der Waals surface area contributed by atoms with Gasteiger partial charge in [0.1, 0.15) is 7.85 Å². The van der Waals surface area contributed by atoms with Crippen molar-refractivity contribution in [1.29, 1.82) is 0 Å². The lowest BCUT2D eigenvalue weighted by Crippen LogP contribution is -2.01. The molecule has 0 aliphatic carbocycles. The zero-order valence-corrected chi connectivity index (χ0v) is 7.05. The molecule has 0 aliphatic heterocycles. The van der Waals surface area contributed by atoms with Gasteiger partial charge in [0.15, 0.2) is 0 Å². The van der Waals surface area contributed by atoms with Crippen LogP contribution in [0.15, 0.2) is 24.4 Å². The average Bonchev–Trinajstić information content (AvgIpc) is 2.35. The molecule has 0 unspecified atom stereocenters. The summed E-state index contributed by atoms with van der Waals surface area (Å²) in [6, 6.07) is 6.08. The van der Waals surface area contributed by atoms with Gasteiger partial charge in [0.05, 0.1) is 11.7 Å². The second-order valence-corrected chi connectivity index (χ2v) is 2.92. The molecule has 1 aromatic carbocycles. The lowest BCUT2D eigenvalue weighted by atomic mass is 9.93. The number of rotatable bonds is 0. The van der Waals surface area contributed by atoms with E-state index in [1.807, 2.05) is 18.3 Å². The number of hydrogen-bond acceptors (Lipinski definition) is 2. The lowest BCUT2D eigenvalue weighted by molar-refractivity contribution is 1.05. The molecule has 0 aliphatic rings. The fourth-order valence-corrected chi connectivity index (χ4v) is 1.41. The smallest absolute Gasteiger partial charge is 0.140 e. The Morgan fingerprint density at radius 3 is 3.00 bits per heavy atom. The van der Waals surface area contributed by atoms with Gasteiger partial charge in [0.25, 0.3) is 0 Å². The van der Waals surface area contributed by atoms with Crippen LogP contribution in [0.5, 0.6) is 0 Å². The number of fused-ring (bicyclic) bond motifs is 1. The summed E-state index contributed by atoms with van der Waals surface area (Å²) in [6.07, 6.45) is 1.83. The number of thiol groups is 1. The molecule has 11 heavy (non-hydrogen) atoms. The van der Waals surface area contributed by atoms with E-state index in [9.17, 15) is 0 Å². The highest BCUT2D eigenvalue weighted by Crippen LogP contribution is 2.10. The van der Waals surface area contributed by atoms with Crippen LogP contribution in [0.4, 0.5) is 0 Å². The molecule has 0 N–H and O–H groups in total. The van der Waals surface area contributed by atoms with Gasteiger partial charge in [-0.1, -0.05) is 17.6 Å². The molecule has 0 saturated carbocycles. The van der Waals surface area contributed by atoms with E-state index in [-0.39, 0.29) is 0 Å².